The van der Waals surface area contributed by atoms with E-state index in [1.165, 1.54) is 4.31 Å². The van der Waals surface area contributed by atoms with Crippen LogP contribution < -0.4 is 4.74 Å². The lowest BCUT2D eigenvalue weighted by Gasteiger charge is -2.31. The van der Waals surface area contributed by atoms with Crippen LogP contribution in [0.3, 0.4) is 0 Å². The van der Waals surface area contributed by atoms with Crippen LogP contribution in [0.1, 0.15) is 31.1 Å². The standard InChI is InChI=1S/C18H25N3O4S/c1-13(2)25-17-6-5-16(9-14(17)3)26(22,23)21-7-8-24-18(12-21)15-10-19-20(4)11-15/h5-6,9-11,13,18H,7-8,12H2,1-4H3/t18-/m0/s1. The molecule has 0 N–H and O–H groups in total. The summed E-state index contributed by atoms with van der Waals surface area (Å²) < 4.78 is 40.7. The van der Waals surface area contributed by atoms with Crippen LogP contribution in [0.25, 0.3) is 0 Å². The maximum Gasteiger partial charge on any atom is 0.243 e. The van der Waals surface area contributed by atoms with Crippen LogP contribution in [-0.4, -0.2) is 48.3 Å². The van der Waals surface area contributed by atoms with E-state index >= 15 is 0 Å². The molecule has 1 aliphatic rings. The van der Waals surface area contributed by atoms with Gasteiger partial charge in [-0.15, -0.1) is 0 Å². The third-order valence-electron chi connectivity index (χ3n) is 4.27. The smallest absolute Gasteiger partial charge is 0.243 e. The molecule has 0 bridgehead atoms. The molecule has 1 atom stereocenters. The second-order valence-electron chi connectivity index (χ2n) is 6.76. The largest absolute Gasteiger partial charge is 0.491 e. The van der Waals surface area contributed by atoms with E-state index in [-0.39, 0.29) is 23.6 Å². The molecule has 142 valence electrons. The second kappa shape index (κ2) is 7.38. The average Bonchev–Trinajstić information content (AvgIpc) is 3.03. The first-order valence-corrected chi connectivity index (χ1v) is 10.1. The Morgan fingerprint density at radius 1 is 1.35 bits per heavy atom. The van der Waals surface area contributed by atoms with Gasteiger partial charge in [-0.25, -0.2) is 8.42 Å². The van der Waals surface area contributed by atoms with E-state index in [4.69, 9.17) is 9.47 Å². The molecule has 1 aromatic carbocycles. The normalized spacial score (nSPS) is 19.0. The number of hydrogen-bond donors (Lipinski definition) is 0. The minimum atomic E-state index is -3.59. The number of sulfonamides is 1. The van der Waals surface area contributed by atoms with Gasteiger partial charge in [-0.2, -0.15) is 9.40 Å². The van der Waals surface area contributed by atoms with Crippen molar-refractivity contribution in [2.24, 2.45) is 7.05 Å². The van der Waals surface area contributed by atoms with Gasteiger partial charge in [-0.05, 0) is 44.5 Å². The van der Waals surface area contributed by atoms with E-state index in [1.807, 2.05) is 34.0 Å². The van der Waals surface area contributed by atoms with Gasteiger partial charge in [0, 0.05) is 31.9 Å². The summed E-state index contributed by atoms with van der Waals surface area (Å²) in [5, 5.41) is 4.14. The Bertz CT molecular complexity index is 876. The fraction of sp³-hybridized carbons (Fsp3) is 0.500. The Kier molecular flexibility index (Phi) is 5.36. The van der Waals surface area contributed by atoms with Gasteiger partial charge in [0.2, 0.25) is 10.0 Å². The number of rotatable bonds is 5. The van der Waals surface area contributed by atoms with Crippen molar-refractivity contribution in [3.8, 4) is 5.75 Å². The molecule has 0 amide bonds. The molecular formula is C18H25N3O4S. The summed E-state index contributed by atoms with van der Waals surface area (Å²) in [6.45, 7) is 6.70. The lowest BCUT2D eigenvalue weighted by molar-refractivity contribution is -0.00259. The Labute approximate surface area is 154 Å². The van der Waals surface area contributed by atoms with Gasteiger partial charge in [0.15, 0.2) is 0 Å². The van der Waals surface area contributed by atoms with Crippen molar-refractivity contribution < 1.29 is 17.9 Å². The third-order valence-corrected chi connectivity index (χ3v) is 6.13. The van der Waals surface area contributed by atoms with Crippen LogP contribution in [0.2, 0.25) is 0 Å². The summed E-state index contributed by atoms with van der Waals surface area (Å²) in [6, 6.07) is 5.00. The Hall–Kier alpha value is -1.90. The van der Waals surface area contributed by atoms with E-state index in [1.54, 1.807) is 29.1 Å². The number of aryl methyl sites for hydroxylation is 2. The van der Waals surface area contributed by atoms with Crippen LogP contribution in [0.15, 0.2) is 35.5 Å². The fourth-order valence-corrected chi connectivity index (χ4v) is 4.48. The zero-order chi connectivity index (χ0) is 18.9. The highest BCUT2D eigenvalue weighted by molar-refractivity contribution is 7.89. The molecule has 1 aliphatic heterocycles. The van der Waals surface area contributed by atoms with Crippen LogP contribution in [0, 0.1) is 6.92 Å². The molecule has 26 heavy (non-hydrogen) atoms. The van der Waals surface area contributed by atoms with E-state index in [2.05, 4.69) is 5.10 Å². The number of ether oxygens (including phenoxy) is 2. The summed E-state index contributed by atoms with van der Waals surface area (Å²) in [6.07, 6.45) is 3.29. The van der Waals surface area contributed by atoms with Gasteiger partial charge >= 0.3 is 0 Å². The summed E-state index contributed by atoms with van der Waals surface area (Å²) >= 11 is 0. The molecule has 0 spiro atoms. The predicted molar refractivity (Wildman–Crippen MR) is 97.6 cm³/mol. The first kappa shape index (κ1) is 18.9. The van der Waals surface area contributed by atoms with Gasteiger partial charge in [0.1, 0.15) is 5.75 Å². The van der Waals surface area contributed by atoms with Gasteiger partial charge < -0.3 is 9.47 Å². The van der Waals surface area contributed by atoms with Crippen molar-refractivity contribution >= 4 is 10.0 Å². The molecule has 1 saturated heterocycles. The van der Waals surface area contributed by atoms with Crippen molar-refractivity contribution in [3.05, 3.63) is 41.7 Å². The lowest BCUT2D eigenvalue weighted by atomic mass is 10.2. The van der Waals surface area contributed by atoms with E-state index in [0.29, 0.717) is 18.9 Å². The number of benzene rings is 1. The zero-order valence-electron chi connectivity index (χ0n) is 15.5. The van der Waals surface area contributed by atoms with Gasteiger partial charge in [-0.1, -0.05) is 0 Å². The number of nitrogens with zero attached hydrogens (tertiary/aromatic N) is 3. The van der Waals surface area contributed by atoms with Crippen molar-refractivity contribution in [3.63, 3.8) is 0 Å². The van der Waals surface area contributed by atoms with Crippen molar-refractivity contribution in [1.82, 2.24) is 14.1 Å². The quantitative estimate of drug-likeness (QED) is 0.797. The van der Waals surface area contributed by atoms with E-state index in [0.717, 1.165) is 11.1 Å². The van der Waals surface area contributed by atoms with E-state index < -0.39 is 10.0 Å². The fourth-order valence-electron chi connectivity index (χ4n) is 2.97. The molecule has 1 fully saturated rings. The highest BCUT2D eigenvalue weighted by atomic mass is 32.2. The molecule has 1 aromatic heterocycles. The maximum atomic E-state index is 13.1. The number of morpholine rings is 1. The van der Waals surface area contributed by atoms with Crippen LogP contribution in [-0.2, 0) is 21.8 Å². The Balaban J connectivity index is 1.82. The summed E-state index contributed by atoms with van der Waals surface area (Å²) in [7, 11) is -1.77. The SMILES string of the molecule is Cc1cc(S(=O)(=O)N2CCO[C@H](c3cnn(C)c3)C2)ccc1OC(C)C. The highest BCUT2D eigenvalue weighted by Crippen LogP contribution is 2.28. The predicted octanol–water partition coefficient (Wildman–Crippen LogP) is 2.28. The Morgan fingerprint density at radius 2 is 2.12 bits per heavy atom. The molecule has 8 heteroatoms. The monoisotopic (exact) mass is 379 g/mol. The maximum absolute atomic E-state index is 13.1. The molecule has 2 heterocycles. The molecule has 0 unspecified atom stereocenters. The molecule has 3 rings (SSSR count). The lowest BCUT2D eigenvalue weighted by Crippen LogP contribution is -2.42. The first-order chi connectivity index (χ1) is 12.3. The first-order valence-electron chi connectivity index (χ1n) is 8.65. The van der Waals surface area contributed by atoms with Crippen LogP contribution in [0.4, 0.5) is 0 Å². The summed E-state index contributed by atoms with van der Waals surface area (Å²) in [5.74, 6) is 0.703. The molecule has 7 nitrogen and oxygen atoms in total. The molecule has 0 saturated carbocycles. The summed E-state index contributed by atoms with van der Waals surface area (Å²) in [4.78, 5) is 0.276. The highest BCUT2D eigenvalue weighted by Gasteiger charge is 2.32. The number of hydrogen-bond acceptors (Lipinski definition) is 5. The van der Waals surface area contributed by atoms with Crippen molar-refractivity contribution in [2.45, 2.75) is 37.9 Å². The number of aromatic nitrogens is 2. The average molecular weight is 379 g/mol. The van der Waals surface area contributed by atoms with Crippen molar-refractivity contribution in [1.29, 1.82) is 0 Å². The molecular weight excluding hydrogens is 354 g/mol. The third kappa shape index (κ3) is 3.92. The molecule has 2 aromatic rings. The second-order valence-corrected chi connectivity index (χ2v) is 8.70. The minimum absolute atomic E-state index is 0.0376. The minimum Gasteiger partial charge on any atom is -0.491 e. The zero-order valence-corrected chi connectivity index (χ0v) is 16.4. The molecule has 0 radical (unpaired) electrons. The van der Waals surface area contributed by atoms with Crippen molar-refractivity contribution in [2.75, 3.05) is 19.7 Å². The van der Waals surface area contributed by atoms with Gasteiger partial charge in [-0.3, -0.25) is 4.68 Å². The van der Waals surface area contributed by atoms with Crippen LogP contribution >= 0.6 is 0 Å². The Morgan fingerprint density at radius 3 is 2.73 bits per heavy atom. The van der Waals surface area contributed by atoms with Gasteiger partial charge in [0.05, 0.1) is 29.9 Å². The van der Waals surface area contributed by atoms with E-state index in [9.17, 15) is 8.42 Å². The summed E-state index contributed by atoms with van der Waals surface area (Å²) in [5.41, 5.74) is 1.68. The molecule has 0 aliphatic carbocycles. The van der Waals surface area contributed by atoms with Gasteiger partial charge in [0.25, 0.3) is 0 Å². The van der Waals surface area contributed by atoms with Crippen LogP contribution in [0.5, 0.6) is 5.75 Å². The topological polar surface area (TPSA) is 73.7 Å².